The number of nitrogens with one attached hydrogen (secondary N) is 1. The maximum absolute atomic E-state index is 15.0. The monoisotopic (exact) mass is 1180 g/mol. The van der Waals surface area contributed by atoms with Gasteiger partial charge in [-0.15, -0.1) is 0 Å². The van der Waals surface area contributed by atoms with Gasteiger partial charge in [-0.25, -0.2) is 0 Å². The Morgan fingerprint density at radius 2 is 1.68 bits per heavy atom. The fourth-order valence-corrected chi connectivity index (χ4v) is 26.4. The number of esters is 1. The van der Waals surface area contributed by atoms with Gasteiger partial charge in [-0.05, 0) is 224 Å². The fourth-order valence-electron chi connectivity index (χ4n) is 22.4. The number of amides is 1. The number of ether oxygens (including phenoxy) is 2. The molecule has 6 heterocycles. The summed E-state index contributed by atoms with van der Waals surface area (Å²) in [5.74, 6) is 4.81. The molecule has 13 nitrogen and oxygen atoms in total. The molecular formula is C69H97N7O6S2. The van der Waals surface area contributed by atoms with Crippen LogP contribution in [-0.2, 0) is 27.3 Å². The Balaban J connectivity index is 0.850. The zero-order valence-electron chi connectivity index (χ0n) is 50.3. The number of fused-ring (bicyclic) bond motifs is 1. The molecule has 9 aliphatic carbocycles. The van der Waals surface area contributed by atoms with Gasteiger partial charge in [0, 0.05) is 85.5 Å². The van der Waals surface area contributed by atoms with E-state index in [-0.39, 0.29) is 80.3 Å². The molecule has 10 bridgehead atoms. The number of nitrogens with zero attached hydrogens (tertiary/aromatic N) is 3. The maximum Gasteiger partial charge on any atom is 0.303 e. The average Bonchev–Trinajstić information content (AvgIpc) is 1.82. The predicted molar refractivity (Wildman–Crippen MR) is 335 cm³/mol. The second-order valence-electron chi connectivity index (χ2n) is 29.9. The van der Waals surface area contributed by atoms with E-state index in [1.165, 1.54) is 96.0 Å². The summed E-state index contributed by atoms with van der Waals surface area (Å²) in [5, 5.41) is 29.8. The summed E-state index contributed by atoms with van der Waals surface area (Å²) >= 11 is 0. The highest BCUT2D eigenvalue weighted by atomic mass is 33.1. The van der Waals surface area contributed by atoms with Gasteiger partial charge < -0.3 is 47.1 Å². The van der Waals surface area contributed by atoms with E-state index in [1.807, 2.05) is 4.90 Å². The fraction of sp³-hybridized carbons (Fsp3) is 0.739. The normalized spacial score (nSPS) is 41.4. The van der Waals surface area contributed by atoms with Gasteiger partial charge in [0.1, 0.15) is 16.1 Å². The number of benzene rings is 2. The van der Waals surface area contributed by atoms with Gasteiger partial charge in [-0.2, -0.15) is 0 Å². The lowest BCUT2D eigenvalue weighted by molar-refractivity contribution is -0.172. The molecule has 84 heavy (non-hydrogen) atoms. The van der Waals surface area contributed by atoms with Crippen molar-refractivity contribution in [3.8, 4) is 11.5 Å². The summed E-state index contributed by atoms with van der Waals surface area (Å²) in [6.45, 7) is 3.62. The van der Waals surface area contributed by atoms with Crippen LogP contribution in [0.1, 0.15) is 221 Å². The van der Waals surface area contributed by atoms with Crippen LogP contribution in [0.5, 0.6) is 11.5 Å². The Morgan fingerprint density at radius 1 is 0.869 bits per heavy atom. The molecule has 2 aromatic rings. The summed E-state index contributed by atoms with van der Waals surface area (Å²) in [7, 11) is 4.25. The summed E-state index contributed by atoms with van der Waals surface area (Å²) < 4.78 is 13.9. The van der Waals surface area contributed by atoms with E-state index >= 15 is 4.79 Å². The van der Waals surface area contributed by atoms with Crippen LogP contribution in [0.3, 0.4) is 0 Å². The molecule has 0 radical (unpaired) electrons. The molecule has 0 aromatic heterocycles. The van der Waals surface area contributed by atoms with Crippen molar-refractivity contribution in [1.82, 2.24) is 10.2 Å². The highest BCUT2D eigenvalue weighted by Crippen LogP contribution is 2.72. The topological polar surface area (TPSA) is 211 Å². The van der Waals surface area contributed by atoms with Gasteiger partial charge in [0.25, 0.3) is 0 Å². The highest BCUT2D eigenvalue weighted by Gasteiger charge is 2.64. The molecule has 15 aliphatic rings. The molecule has 9 fully saturated rings. The first-order valence-corrected chi connectivity index (χ1v) is 35.8. The van der Waals surface area contributed by atoms with Crippen LogP contribution in [-0.4, -0.2) is 86.5 Å². The van der Waals surface area contributed by atoms with Crippen LogP contribution < -0.4 is 27.3 Å². The first kappa shape index (κ1) is 57.7. The van der Waals surface area contributed by atoms with Crippen LogP contribution in [0.15, 0.2) is 58.5 Å². The Kier molecular flexibility index (Phi) is 15.2. The average molecular weight is 1180 g/mol. The zero-order valence-corrected chi connectivity index (χ0v) is 51.9. The van der Waals surface area contributed by atoms with Crippen molar-refractivity contribution in [3.63, 3.8) is 0 Å². The number of aromatic hydroxyl groups is 1. The highest BCUT2D eigenvalue weighted by molar-refractivity contribution is 8.77. The smallest absolute Gasteiger partial charge is 0.303 e. The quantitative estimate of drug-likeness (QED) is 0.0543. The Morgan fingerprint density at radius 3 is 2.50 bits per heavy atom. The number of carbonyl (C=O) groups is 2. The number of carbonyl (C=O) groups excluding carboxylic acids is 2. The molecule has 6 spiro atoms. The largest absolute Gasteiger partial charge is 0.504 e. The number of phenolic OH excluding ortho intramolecular Hbond substituents is 1. The number of hydrogen-bond acceptors (Lipinski definition) is 12. The Labute approximate surface area is 507 Å². The first-order chi connectivity index (χ1) is 40.6. The van der Waals surface area contributed by atoms with Gasteiger partial charge in [0.15, 0.2) is 23.4 Å². The minimum atomic E-state index is -0.841. The number of allylic oxidation sites excluding steroid dienone is 1. The van der Waals surface area contributed by atoms with Crippen molar-refractivity contribution in [1.29, 1.82) is 0 Å². The standard InChI is InChI=1S/C69H97N7O6S2/c1-44(77)81-65-30-18-47-34-50(59(80)60-58(47)48-19-32-68(82-60)27-7-12-51(68)35-48)41-76-43-66(39-57(76)79)52(15-16-55(66)46-10-3-2-4-11-46)40-74-62(72)75-69(28-9-24-63(69)22-5-6-23-63)84-83-42-53-14-13-49(54(20-31-65)56(78)38-65)37-67(53)26-8-25-64(67)29-17-45(36-64)21-33-73-61(70)71/h2-4,10-11,19,32,34,45,48-49,51-56,78,80H,5-9,12-18,20-31,33,35-43H2,1H3,(H4,70,71,73)(H3,72,74,75). The van der Waals surface area contributed by atoms with Gasteiger partial charge in [0.05, 0.1) is 6.10 Å². The summed E-state index contributed by atoms with van der Waals surface area (Å²) in [6.07, 6.45) is 34.0. The van der Waals surface area contributed by atoms with E-state index in [0.717, 1.165) is 87.5 Å². The van der Waals surface area contributed by atoms with Crippen LogP contribution in [0.25, 0.3) is 0 Å². The van der Waals surface area contributed by atoms with Gasteiger partial charge in [-0.1, -0.05) is 77.3 Å². The van der Waals surface area contributed by atoms with Crippen LogP contribution >= 0.6 is 21.6 Å². The molecule has 456 valence electrons. The first-order valence-electron chi connectivity index (χ1n) is 33.5. The van der Waals surface area contributed by atoms with E-state index in [0.29, 0.717) is 92.7 Å². The van der Waals surface area contributed by atoms with Crippen LogP contribution in [0.4, 0.5) is 0 Å². The molecule has 15 unspecified atom stereocenters. The molecule has 15 heteroatoms. The molecule has 15 atom stereocenters. The third kappa shape index (κ3) is 9.71. The maximum atomic E-state index is 15.0. The summed E-state index contributed by atoms with van der Waals surface area (Å²) in [5.41, 5.74) is 22.1. The molecule has 2 aromatic carbocycles. The number of phenols is 1. The van der Waals surface area contributed by atoms with Crippen molar-refractivity contribution in [2.75, 3.05) is 25.4 Å². The van der Waals surface area contributed by atoms with Crippen molar-refractivity contribution < 1.29 is 29.3 Å². The molecule has 9 N–H and O–H groups in total. The molecular weight excluding hydrogens is 1090 g/mol. The molecule has 8 saturated carbocycles. The molecule has 1 saturated heterocycles. The van der Waals surface area contributed by atoms with E-state index in [2.05, 4.69) is 80.4 Å². The third-order valence-electron chi connectivity index (χ3n) is 26.2. The zero-order chi connectivity index (χ0) is 57.7. The predicted octanol–water partition coefficient (Wildman–Crippen LogP) is 12.5. The number of hydrogen-bond donors (Lipinski definition) is 6. The lowest BCUT2D eigenvalue weighted by Gasteiger charge is -2.57. The van der Waals surface area contributed by atoms with E-state index in [4.69, 9.17) is 31.7 Å². The Bertz CT molecular complexity index is 2930. The summed E-state index contributed by atoms with van der Waals surface area (Å²) in [4.78, 5) is 40.2. The summed E-state index contributed by atoms with van der Waals surface area (Å²) in [6, 6.07) is 13.0. The van der Waals surface area contributed by atoms with E-state index in [1.54, 1.807) is 0 Å². The SMILES string of the molecule is CC(=O)OC12CCc3cc(c(O)c4c3C3C=CC5(CCCC5C3)O4)CN3CC4(CC3=O)C(CCC4c3ccccc3)CN=C(N)NC3(CCCC34CCCC4)SSCC3CCC(CC34CCCC43CCC(CCN=C(N)N)C3)C(CC1)C(O)C2. The Hall–Kier alpha value is -4.08. The molecule has 1 amide bonds. The van der Waals surface area contributed by atoms with Crippen LogP contribution in [0, 0.1) is 57.2 Å². The van der Waals surface area contributed by atoms with Crippen molar-refractivity contribution in [2.24, 2.45) is 84.4 Å². The van der Waals surface area contributed by atoms with Gasteiger partial charge >= 0.3 is 5.97 Å². The van der Waals surface area contributed by atoms with Gasteiger partial charge in [-0.3, -0.25) is 19.6 Å². The van der Waals surface area contributed by atoms with E-state index < -0.39 is 17.3 Å². The lowest BCUT2D eigenvalue weighted by atomic mass is 9.49. The minimum Gasteiger partial charge on any atom is -0.504 e. The number of rotatable bonds is 5. The van der Waals surface area contributed by atoms with Crippen molar-refractivity contribution in [2.45, 2.75) is 234 Å². The number of aliphatic hydroxyl groups excluding tert-OH is 1. The van der Waals surface area contributed by atoms with Crippen LogP contribution in [0.2, 0.25) is 0 Å². The van der Waals surface area contributed by atoms with Crippen molar-refractivity contribution in [3.05, 3.63) is 70.8 Å². The number of aliphatic hydroxyl groups is 1. The second kappa shape index (κ2) is 22.2. The number of aliphatic imine (C=N–C) groups is 2. The number of guanidine groups is 2. The number of nitrogens with two attached hydrogens (primary N) is 3. The number of aryl methyl sites for hydroxylation is 1. The van der Waals surface area contributed by atoms with Gasteiger partial charge in [0.2, 0.25) is 5.91 Å². The van der Waals surface area contributed by atoms with Crippen molar-refractivity contribution >= 4 is 45.4 Å². The van der Waals surface area contributed by atoms with E-state index in [9.17, 15) is 15.0 Å². The molecule has 6 aliphatic heterocycles. The molecule has 17 rings (SSSR count). The minimum absolute atomic E-state index is 0.0732. The lowest BCUT2D eigenvalue weighted by Crippen LogP contribution is -2.56. The third-order valence-corrected chi connectivity index (χ3v) is 29.4. The second-order valence-corrected chi connectivity index (χ2v) is 32.5.